The van der Waals surface area contributed by atoms with Gasteiger partial charge in [0.05, 0.1) is 5.75 Å². The highest BCUT2D eigenvalue weighted by molar-refractivity contribution is 7.90. The number of carbonyl (C=O) groups is 1. The largest absolute Gasteiger partial charge is 0.435 e. The summed E-state index contributed by atoms with van der Waals surface area (Å²) in [7, 11) is -2.30. The van der Waals surface area contributed by atoms with E-state index in [1.165, 1.54) is 18.2 Å². The second-order valence-corrected chi connectivity index (χ2v) is 9.21. The van der Waals surface area contributed by atoms with E-state index in [1.807, 2.05) is 0 Å². The normalized spacial score (nSPS) is 13.2. The first-order valence-corrected chi connectivity index (χ1v) is 11.1. The minimum Gasteiger partial charge on any atom is -0.339 e. The summed E-state index contributed by atoms with van der Waals surface area (Å²) in [6.07, 6.45) is -3.97. The van der Waals surface area contributed by atoms with E-state index >= 15 is 0 Å². The highest BCUT2D eigenvalue weighted by atomic mass is 32.2. The van der Waals surface area contributed by atoms with Crippen LogP contribution in [0.4, 0.5) is 17.6 Å². The van der Waals surface area contributed by atoms with Crippen molar-refractivity contribution in [3.8, 4) is 11.4 Å². The van der Waals surface area contributed by atoms with Crippen molar-refractivity contribution in [3.05, 3.63) is 53.4 Å². The molecule has 14 heteroatoms. The number of hydrogen-bond acceptors (Lipinski definition) is 7. The lowest BCUT2D eigenvalue weighted by molar-refractivity contribution is -0.141. The zero-order valence-electron chi connectivity index (χ0n) is 16.7. The highest BCUT2D eigenvalue weighted by Gasteiger charge is 2.36. The van der Waals surface area contributed by atoms with Gasteiger partial charge in [-0.3, -0.25) is 9.48 Å². The monoisotopic (exact) mass is 475 g/mol. The molecular formula is C18H17F4N5O4S. The Balaban J connectivity index is 1.88. The molecule has 0 spiro atoms. The molecule has 1 aromatic carbocycles. The van der Waals surface area contributed by atoms with Crippen LogP contribution in [-0.4, -0.2) is 46.3 Å². The SMILES string of the molecule is Cn1nc(C(F)(F)F)cc1C(=O)N[C@H](CCS(C)(=O)=O)c1nc(-c2cccc(F)c2)no1. The van der Waals surface area contributed by atoms with Gasteiger partial charge in [-0.1, -0.05) is 17.3 Å². The van der Waals surface area contributed by atoms with Crippen LogP contribution in [0.5, 0.6) is 0 Å². The number of amides is 1. The maximum Gasteiger partial charge on any atom is 0.435 e. The number of aromatic nitrogens is 4. The Morgan fingerprint density at radius 1 is 1.28 bits per heavy atom. The van der Waals surface area contributed by atoms with Gasteiger partial charge in [0.25, 0.3) is 5.91 Å². The minimum absolute atomic E-state index is 0.0157. The fourth-order valence-corrected chi connectivity index (χ4v) is 3.43. The van der Waals surface area contributed by atoms with Crippen LogP contribution >= 0.6 is 0 Å². The second-order valence-electron chi connectivity index (χ2n) is 6.95. The van der Waals surface area contributed by atoms with Crippen molar-refractivity contribution in [1.29, 1.82) is 0 Å². The smallest absolute Gasteiger partial charge is 0.339 e. The number of sulfone groups is 1. The molecule has 3 aromatic rings. The predicted molar refractivity (Wildman–Crippen MR) is 102 cm³/mol. The van der Waals surface area contributed by atoms with Gasteiger partial charge in [0, 0.05) is 24.9 Å². The first kappa shape index (κ1) is 23.4. The molecule has 0 unspecified atom stereocenters. The molecule has 2 aromatic heterocycles. The van der Waals surface area contributed by atoms with Gasteiger partial charge in [-0.05, 0) is 18.6 Å². The number of halogens is 4. The summed E-state index contributed by atoms with van der Waals surface area (Å²) in [6.45, 7) is 0. The standard InChI is InChI=1S/C18H17F4N5O4S/c1-27-13(9-14(25-27)18(20,21)22)16(28)23-12(6-7-32(2,29)30)17-24-15(26-31-17)10-4-3-5-11(19)8-10/h3-5,8-9,12H,6-7H2,1-2H3,(H,23,28)/t12-/m1/s1. The van der Waals surface area contributed by atoms with Crippen LogP contribution in [0.3, 0.4) is 0 Å². The first-order chi connectivity index (χ1) is 14.8. The Bertz CT molecular complexity index is 1240. The van der Waals surface area contributed by atoms with E-state index in [0.717, 1.165) is 24.1 Å². The first-order valence-electron chi connectivity index (χ1n) is 9.03. The summed E-state index contributed by atoms with van der Waals surface area (Å²) in [6, 6.07) is 4.71. The predicted octanol–water partition coefficient (Wildman–Crippen LogP) is 2.53. The van der Waals surface area contributed by atoms with Gasteiger partial charge in [-0.15, -0.1) is 0 Å². The van der Waals surface area contributed by atoms with Crippen LogP contribution < -0.4 is 5.32 Å². The maximum absolute atomic E-state index is 13.5. The summed E-state index contributed by atoms with van der Waals surface area (Å²) < 4.78 is 81.2. The van der Waals surface area contributed by atoms with Crippen molar-refractivity contribution in [3.63, 3.8) is 0 Å². The van der Waals surface area contributed by atoms with Gasteiger partial charge in [0.1, 0.15) is 27.4 Å². The second kappa shape index (κ2) is 8.68. The number of rotatable bonds is 7. The Labute approximate surface area is 179 Å². The molecule has 1 N–H and O–H groups in total. The highest BCUT2D eigenvalue weighted by Crippen LogP contribution is 2.29. The van der Waals surface area contributed by atoms with Gasteiger partial charge in [0.15, 0.2) is 5.69 Å². The third-order valence-corrected chi connectivity index (χ3v) is 5.29. The molecule has 0 bridgehead atoms. The van der Waals surface area contributed by atoms with Crippen molar-refractivity contribution in [2.75, 3.05) is 12.0 Å². The number of alkyl halides is 3. The fourth-order valence-electron chi connectivity index (χ4n) is 2.76. The molecule has 9 nitrogen and oxygen atoms in total. The molecule has 0 saturated heterocycles. The van der Waals surface area contributed by atoms with Crippen LogP contribution in [0, 0.1) is 5.82 Å². The molecule has 0 radical (unpaired) electrons. The van der Waals surface area contributed by atoms with Crippen LogP contribution in [0.25, 0.3) is 11.4 Å². The van der Waals surface area contributed by atoms with Crippen molar-refractivity contribution < 1.29 is 35.3 Å². The number of nitrogens with zero attached hydrogens (tertiary/aromatic N) is 4. The number of carbonyl (C=O) groups excluding carboxylic acids is 1. The zero-order valence-corrected chi connectivity index (χ0v) is 17.5. The topological polar surface area (TPSA) is 120 Å². The maximum atomic E-state index is 13.5. The zero-order chi connectivity index (χ0) is 23.7. The molecule has 2 heterocycles. The Morgan fingerprint density at radius 3 is 2.59 bits per heavy atom. The molecule has 172 valence electrons. The fraction of sp³-hybridized carbons (Fsp3) is 0.333. The lowest BCUT2D eigenvalue weighted by Gasteiger charge is -2.14. The van der Waals surface area contributed by atoms with E-state index in [2.05, 4.69) is 20.6 Å². The van der Waals surface area contributed by atoms with Crippen LogP contribution in [0.2, 0.25) is 0 Å². The molecule has 32 heavy (non-hydrogen) atoms. The third kappa shape index (κ3) is 5.69. The number of aryl methyl sites for hydroxylation is 1. The van der Waals surface area contributed by atoms with Gasteiger partial charge in [-0.25, -0.2) is 12.8 Å². The van der Waals surface area contributed by atoms with Crippen molar-refractivity contribution >= 4 is 15.7 Å². The van der Waals surface area contributed by atoms with Gasteiger partial charge in [-0.2, -0.15) is 23.3 Å². The molecular weight excluding hydrogens is 458 g/mol. The van der Waals surface area contributed by atoms with Crippen molar-refractivity contribution in [2.24, 2.45) is 7.05 Å². The summed E-state index contributed by atoms with van der Waals surface area (Å²) in [5.74, 6) is -2.10. The van der Waals surface area contributed by atoms with E-state index in [9.17, 15) is 30.8 Å². The van der Waals surface area contributed by atoms with Crippen molar-refractivity contribution in [2.45, 2.75) is 18.6 Å². The molecule has 3 rings (SSSR count). The molecule has 0 aliphatic carbocycles. The Hall–Kier alpha value is -3.29. The molecule has 0 aliphatic heterocycles. The third-order valence-electron chi connectivity index (χ3n) is 4.31. The minimum atomic E-state index is -4.75. The summed E-state index contributed by atoms with van der Waals surface area (Å²) in [5, 5.41) is 9.38. The molecule has 0 fully saturated rings. The number of benzene rings is 1. The lowest BCUT2D eigenvalue weighted by atomic mass is 10.2. The molecule has 1 amide bonds. The quantitative estimate of drug-likeness (QED) is 0.522. The van der Waals surface area contributed by atoms with Crippen LogP contribution in [0.15, 0.2) is 34.9 Å². The van der Waals surface area contributed by atoms with E-state index in [1.54, 1.807) is 0 Å². The van der Waals surface area contributed by atoms with Crippen LogP contribution in [0.1, 0.15) is 34.5 Å². The Morgan fingerprint density at radius 2 is 2.00 bits per heavy atom. The summed E-state index contributed by atoms with van der Waals surface area (Å²) in [5.41, 5.74) is -1.40. The van der Waals surface area contributed by atoms with Gasteiger partial charge < -0.3 is 9.84 Å². The van der Waals surface area contributed by atoms with E-state index < -0.39 is 45.2 Å². The number of hydrogen-bond donors (Lipinski definition) is 1. The molecule has 1 atom stereocenters. The van der Waals surface area contributed by atoms with Crippen LogP contribution in [-0.2, 0) is 23.1 Å². The average Bonchev–Trinajstić information content (AvgIpc) is 3.31. The number of nitrogens with one attached hydrogen (secondary N) is 1. The average molecular weight is 475 g/mol. The van der Waals surface area contributed by atoms with E-state index in [0.29, 0.717) is 6.07 Å². The van der Waals surface area contributed by atoms with Gasteiger partial charge in [0.2, 0.25) is 11.7 Å². The molecule has 0 saturated carbocycles. The van der Waals surface area contributed by atoms with Crippen molar-refractivity contribution in [1.82, 2.24) is 25.2 Å². The van der Waals surface area contributed by atoms with E-state index in [-0.39, 0.29) is 29.5 Å². The summed E-state index contributed by atoms with van der Waals surface area (Å²) >= 11 is 0. The molecule has 0 aliphatic rings. The van der Waals surface area contributed by atoms with E-state index in [4.69, 9.17) is 4.52 Å². The Kier molecular flexibility index (Phi) is 6.34. The lowest BCUT2D eigenvalue weighted by Crippen LogP contribution is -2.31. The van der Waals surface area contributed by atoms with Gasteiger partial charge >= 0.3 is 6.18 Å². The summed E-state index contributed by atoms with van der Waals surface area (Å²) in [4.78, 5) is 16.7.